The highest BCUT2D eigenvalue weighted by Gasteiger charge is 2.62. The molecule has 9 atom stereocenters. The second-order valence-electron chi connectivity index (χ2n) is 13.5. The molecule has 0 unspecified atom stereocenters. The molecule has 2 aliphatic heterocycles. The predicted molar refractivity (Wildman–Crippen MR) is 171 cm³/mol. The molecule has 2 saturated heterocycles. The fourth-order valence-corrected chi connectivity index (χ4v) is 6.42. The molecule has 3 aliphatic rings. The van der Waals surface area contributed by atoms with Gasteiger partial charge in [0, 0.05) is 20.1 Å². The molecular formula is C35H47NO12. The molecule has 0 spiro atoms. The van der Waals surface area contributed by atoms with Crippen LogP contribution in [0.1, 0.15) is 58.6 Å². The van der Waals surface area contributed by atoms with E-state index in [-0.39, 0.29) is 12.5 Å². The first-order chi connectivity index (χ1) is 22.6. The summed E-state index contributed by atoms with van der Waals surface area (Å²) >= 11 is 0. The number of amides is 1. The van der Waals surface area contributed by atoms with Crippen molar-refractivity contribution >= 4 is 12.1 Å². The van der Waals surface area contributed by atoms with Gasteiger partial charge >= 0.3 is 12.1 Å². The molecule has 0 radical (unpaired) electrons. The van der Waals surface area contributed by atoms with Crippen molar-refractivity contribution in [2.45, 2.75) is 107 Å². The van der Waals surface area contributed by atoms with Gasteiger partial charge in [-0.1, -0.05) is 48.5 Å². The number of carbonyl (C=O) groups excluding carboxylic acids is 2. The molecule has 5 rings (SSSR count). The van der Waals surface area contributed by atoms with Gasteiger partial charge in [-0.25, -0.2) is 9.59 Å². The van der Waals surface area contributed by atoms with Crippen LogP contribution in [-0.2, 0) is 42.7 Å². The van der Waals surface area contributed by atoms with Crippen molar-refractivity contribution < 1.29 is 57.7 Å². The fourth-order valence-electron chi connectivity index (χ4n) is 6.42. The minimum Gasteiger partial charge on any atom is -0.458 e. The number of alkyl carbamates (subject to hydrolysis) is 1. The number of hydrogen-bond acceptors (Lipinski definition) is 12. The van der Waals surface area contributed by atoms with Gasteiger partial charge in [-0.05, 0) is 63.8 Å². The molecule has 0 bridgehead atoms. The smallest absolute Gasteiger partial charge is 0.407 e. The van der Waals surface area contributed by atoms with Gasteiger partial charge in [0.05, 0.1) is 12.7 Å². The number of methoxy groups -OCH3 is 2. The van der Waals surface area contributed by atoms with Crippen LogP contribution in [-0.4, -0.2) is 110 Å². The summed E-state index contributed by atoms with van der Waals surface area (Å²) in [5.74, 6) is -3.84. The Morgan fingerprint density at radius 3 is 2.00 bits per heavy atom. The molecule has 2 aromatic rings. The number of rotatable bonds is 10. The lowest BCUT2D eigenvalue weighted by Crippen LogP contribution is -2.73. The molecule has 3 N–H and O–H groups in total. The van der Waals surface area contributed by atoms with Gasteiger partial charge in [0.15, 0.2) is 12.3 Å². The zero-order valence-corrected chi connectivity index (χ0v) is 28.6. The molecule has 13 heteroatoms. The molecular weight excluding hydrogens is 626 g/mol. The van der Waals surface area contributed by atoms with Crippen molar-refractivity contribution in [3.8, 4) is 11.1 Å². The monoisotopic (exact) mass is 673 g/mol. The summed E-state index contributed by atoms with van der Waals surface area (Å²) in [6.45, 7) is 9.33. The fraction of sp³-hybridized carbons (Fsp3) is 0.600. The van der Waals surface area contributed by atoms with Crippen LogP contribution in [0.5, 0.6) is 0 Å². The average Bonchev–Trinajstić information content (AvgIpc) is 3.37. The standard InChI is InChI=1S/C35H47NO12/c1-19(44-31-27(38)29-28(25(17-37)45-31)46-34(5,41-7)35(6,42-8)47-29)26(30(39)48-33(2,3)4)36-32(40)43-18-24-22-15-11-9-13-20(22)21-14-10-12-16-23(21)24/h9-16,19,24-29,31,37-38H,17-18H2,1-8H3,(H,36,40)/t19-,25-,26+,27+,28-,29-,31+,34+,35+/m1/s1. The Balaban J connectivity index is 1.31. The summed E-state index contributed by atoms with van der Waals surface area (Å²) in [6, 6.07) is 14.5. The Hall–Kier alpha value is -3.14. The SMILES string of the molecule is CO[C@@]1(C)O[C@@H]2[C@H](O)[C@@H](O[C@H](C)[C@H](NC(=O)OCC3c4ccccc4-c4ccccc43)C(=O)OC(C)(C)C)O[C@H](CO)[C@H]2O[C@]1(C)OC. The van der Waals surface area contributed by atoms with Crippen molar-refractivity contribution in [2.24, 2.45) is 0 Å². The summed E-state index contributed by atoms with van der Waals surface area (Å²) in [4.78, 5) is 26.7. The number of benzene rings is 2. The highest BCUT2D eigenvalue weighted by Crippen LogP contribution is 2.45. The van der Waals surface area contributed by atoms with E-state index in [1.807, 2.05) is 48.5 Å². The molecule has 0 saturated carbocycles. The highest BCUT2D eigenvalue weighted by atomic mass is 16.8. The quantitative estimate of drug-likeness (QED) is 0.317. The van der Waals surface area contributed by atoms with Crippen LogP contribution >= 0.6 is 0 Å². The number of fused-ring (bicyclic) bond motifs is 4. The van der Waals surface area contributed by atoms with Crippen molar-refractivity contribution in [1.29, 1.82) is 0 Å². The molecule has 0 aromatic heterocycles. The lowest BCUT2D eigenvalue weighted by atomic mass is 9.94. The number of carbonyl (C=O) groups is 2. The number of esters is 1. The first-order valence-electron chi connectivity index (χ1n) is 16.1. The van der Waals surface area contributed by atoms with Crippen molar-refractivity contribution in [1.82, 2.24) is 5.32 Å². The van der Waals surface area contributed by atoms with Gasteiger partial charge in [-0.2, -0.15) is 0 Å². The Bertz CT molecular complexity index is 1420. The molecule has 2 fully saturated rings. The lowest BCUT2D eigenvalue weighted by molar-refractivity contribution is -0.480. The molecule has 1 aliphatic carbocycles. The van der Waals surface area contributed by atoms with Crippen molar-refractivity contribution in [3.05, 3.63) is 59.7 Å². The summed E-state index contributed by atoms with van der Waals surface area (Å²) < 4.78 is 46.8. The molecule has 1 amide bonds. The third kappa shape index (κ3) is 6.96. The number of nitrogens with one attached hydrogen (secondary N) is 1. The minimum atomic E-state index is -1.47. The summed E-state index contributed by atoms with van der Waals surface area (Å²) in [5, 5.41) is 24.2. The van der Waals surface area contributed by atoms with E-state index in [1.165, 1.54) is 21.1 Å². The molecule has 48 heavy (non-hydrogen) atoms. The maximum absolute atomic E-state index is 13.4. The number of ether oxygens (including phenoxy) is 8. The van der Waals surface area contributed by atoms with E-state index < -0.39 is 78.7 Å². The van der Waals surface area contributed by atoms with Gasteiger partial charge in [-0.15, -0.1) is 0 Å². The average molecular weight is 674 g/mol. The maximum Gasteiger partial charge on any atom is 0.407 e. The van der Waals surface area contributed by atoms with E-state index in [9.17, 15) is 19.8 Å². The second-order valence-corrected chi connectivity index (χ2v) is 13.5. The lowest BCUT2D eigenvalue weighted by Gasteiger charge is -2.56. The second kappa shape index (κ2) is 14.0. The van der Waals surface area contributed by atoms with Gasteiger partial charge in [-0.3, -0.25) is 0 Å². The normalized spacial score (nSPS) is 31.2. The van der Waals surface area contributed by atoms with Crippen LogP contribution in [0.25, 0.3) is 11.1 Å². The highest BCUT2D eigenvalue weighted by molar-refractivity contribution is 5.82. The van der Waals surface area contributed by atoms with Crippen molar-refractivity contribution in [3.63, 3.8) is 0 Å². The molecule has 2 aromatic carbocycles. The summed E-state index contributed by atoms with van der Waals surface area (Å²) in [5.41, 5.74) is 3.35. The van der Waals surface area contributed by atoms with E-state index >= 15 is 0 Å². The molecule has 264 valence electrons. The van der Waals surface area contributed by atoms with E-state index in [2.05, 4.69) is 5.32 Å². The van der Waals surface area contributed by atoms with Crippen LogP contribution in [0.15, 0.2) is 48.5 Å². The number of aliphatic hydroxyl groups is 2. The molecule has 13 nitrogen and oxygen atoms in total. The number of aliphatic hydroxyl groups excluding tert-OH is 2. The van der Waals surface area contributed by atoms with Gasteiger partial charge < -0.3 is 53.4 Å². The van der Waals surface area contributed by atoms with Crippen LogP contribution in [0.4, 0.5) is 4.79 Å². The maximum atomic E-state index is 13.4. The van der Waals surface area contributed by atoms with Crippen LogP contribution in [0, 0.1) is 0 Å². The first kappa shape index (κ1) is 36.1. The Morgan fingerprint density at radius 2 is 1.48 bits per heavy atom. The van der Waals surface area contributed by atoms with E-state index in [1.54, 1.807) is 34.6 Å². The number of hydrogen-bond donors (Lipinski definition) is 3. The third-order valence-electron chi connectivity index (χ3n) is 9.22. The molecule has 2 heterocycles. The van der Waals surface area contributed by atoms with Gasteiger partial charge in [0.2, 0.25) is 11.6 Å². The summed E-state index contributed by atoms with van der Waals surface area (Å²) in [7, 11) is 2.83. The Kier molecular flexibility index (Phi) is 10.5. The van der Waals surface area contributed by atoms with Crippen LogP contribution in [0.2, 0.25) is 0 Å². The Morgan fingerprint density at radius 1 is 0.938 bits per heavy atom. The van der Waals surface area contributed by atoms with E-state index in [0.29, 0.717) is 0 Å². The predicted octanol–water partition coefficient (Wildman–Crippen LogP) is 3.23. The summed E-state index contributed by atoms with van der Waals surface area (Å²) in [6.07, 6.45) is -7.92. The minimum absolute atomic E-state index is 0.0256. The van der Waals surface area contributed by atoms with Gasteiger partial charge in [0.1, 0.15) is 36.6 Å². The first-order valence-corrected chi connectivity index (χ1v) is 16.1. The van der Waals surface area contributed by atoms with E-state index in [0.717, 1.165) is 22.3 Å². The van der Waals surface area contributed by atoms with Crippen LogP contribution < -0.4 is 5.32 Å². The zero-order chi connectivity index (χ0) is 35.0. The van der Waals surface area contributed by atoms with E-state index in [4.69, 9.17) is 37.9 Å². The Labute approximate surface area is 280 Å². The van der Waals surface area contributed by atoms with Crippen molar-refractivity contribution in [2.75, 3.05) is 27.4 Å². The largest absolute Gasteiger partial charge is 0.458 e. The van der Waals surface area contributed by atoms with Crippen LogP contribution in [0.3, 0.4) is 0 Å². The van der Waals surface area contributed by atoms with Gasteiger partial charge in [0.25, 0.3) is 0 Å². The topological polar surface area (TPSA) is 160 Å². The zero-order valence-electron chi connectivity index (χ0n) is 28.6. The third-order valence-corrected chi connectivity index (χ3v) is 9.22.